The molecule has 0 bridgehead atoms. The molecule has 1 fully saturated rings. The van der Waals surface area contributed by atoms with Crippen LogP contribution in [0.5, 0.6) is 0 Å². The number of rotatable bonds is 4. The van der Waals surface area contributed by atoms with E-state index in [2.05, 4.69) is 32.3 Å². The van der Waals surface area contributed by atoms with E-state index in [4.69, 9.17) is 0 Å². The molecule has 0 amide bonds. The normalized spacial score (nSPS) is 22.8. The number of benzene rings is 1. The van der Waals surface area contributed by atoms with Gasteiger partial charge in [0, 0.05) is 32.0 Å². The smallest absolute Gasteiger partial charge is 0.0909 e. The van der Waals surface area contributed by atoms with Gasteiger partial charge in [0.1, 0.15) is 0 Å². The third-order valence-corrected chi connectivity index (χ3v) is 3.77. The fourth-order valence-corrected chi connectivity index (χ4v) is 2.84. The largest absolute Gasteiger partial charge is 0.387 e. The van der Waals surface area contributed by atoms with Crippen LogP contribution in [0.15, 0.2) is 30.6 Å². The van der Waals surface area contributed by atoms with Gasteiger partial charge in [-0.1, -0.05) is 6.07 Å². The zero-order valence-corrected chi connectivity index (χ0v) is 11.7. The molecule has 0 spiro atoms. The van der Waals surface area contributed by atoms with Crippen molar-refractivity contribution in [2.45, 2.75) is 18.6 Å². The van der Waals surface area contributed by atoms with E-state index in [0.29, 0.717) is 13.1 Å². The standard InChI is InChI=1S/C15H20N4O/c1-19(11-15(20)4-5-16-10-15)9-12-2-3-13-14(8-12)18-7-6-17-13/h2-3,6-8,16,20H,4-5,9-11H2,1H3. The molecule has 0 aliphatic carbocycles. The fraction of sp³-hybridized carbons (Fsp3) is 0.467. The number of aromatic nitrogens is 2. The molecule has 3 rings (SSSR count). The number of nitrogens with zero attached hydrogens (tertiary/aromatic N) is 3. The second-order valence-electron chi connectivity index (χ2n) is 5.70. The molecule has 1 aliphatic heterocycles. The Kier molecular flexibility index (Phi) is 3.65. The lowest BCUT2D eigenvalue weighted by atomic mass is 10.0. The van der Waals surface area contributed by atoms with Crippen molar-refractivity contribution < 1.29 is 5.11 Å². The summed E-state index contributed by atoms with van der Waals surface area (Å²) in [5, 5.41) is 13.6. The van der Waals surface area contributed by atoms with Crippen molar-refractivity contribution in [2.24, 2.45) is 0 Å². The highest BCUT2D eigenvalue weighted by molar-refractivity contribution is 5.74. The minimum Gasteiger partial charge on any atom is -0.387 e. The molecule has 1 aromatic heterocycles. The van der Waals surface area contributed by atoms with Crippen molar-refractivity contribution in [1.29, 1.82) is 0 Å². The lowest BCUT2D eigenvalue weighted by molar-refractivity contribution is 0.0264. The minimum absolute atomic E-state index is 0.592. The predicted octanol–water partition coefficient (Wildman–Crippen LogP) is 0.786. The average molecular weight is 272 g/mol. The number of nitrogens with one attached hydrogen (secondary N) is 1. The molecule has 2 aromatic rings. The molecular formula is C15H20N4O. The predicted molar refractivity (Wildman–Crippen MR) is 78.3 cm³/mol. The number of hydrogen-bond acceptors (Lipinski definition) is 5. The van der Waals surface area contributed by atoms with Gasteiger partial charge in [0.15, 0.2) is 0 Å². The van der Waals surface area contributed by atoms with Gasteiger partial charge in [-0.15, -0.1) is 0 Å². The molecule has 5 nitrogen and oxygen atoms in total. The van der Waals surface area contributed by atoms with Gasteiger partial charge in [0.05, 0.1) is 16.6 Å². The first-order chi connectivity index (χ1) is 9.65. The summed E-state index contributed by atoms with van der Waals surface area (Å²) in [4.78, 5) is 10.8. The summed E-state index contributed by atoms with van der Waals surface area (Å²) in [6.45, 7) is 3.06. The van der Waals surface area contributed by atoms with Crippen molar-refractivity contribution in [1.82, 2.24) is 20.2 Å². The molecule has 1 unspecified atom stereocenters. The van der Waals surface area contributed by atoms with Crippen molar-refractivity contribution in [3.8, 4) is 0 Å². The van der Waals surface area contributed by atoms with Gasteiger partial charge in [-0.05, 0) is 37.7 Å². The van der Waals surface area contributed by atoms with Crippen LogP contribution in [0, 0.1) is 0 Å². The Bertz CT molecular complexity index is 595. The van der Waals surface area contributed by atoms with Crippen molar-refractivity contribution in [2.75, 3.05) is 26.7 Å². The Morgan fingerprint density at radius 1 is 1.30 bits per heavy atom. The summed E-state index contributed by atoms with van der Waals surface area (Å²) < 4.78 is 0. The van der Waals surface area contributed by atoms with Gasteiger partial charge in [-0.2, -0.15) is 0 Å². The van der Waals surface area contributed by atoms with Crippen LogP contribution < -0.4 is 5.32 Å². The lowest BCUT2D eigenvalue weighted by Gasteiger charge is -2.28. The van der Waals surface area contributed by atoms with Gasteiger partial charge < -0.3 is 10.4 Å². The highest BCUT2D eigenvalue weighted by Gasteiger charge is 2.31. The summed E-state index contributed by atoms with van der Waals surface area (Å²) in [5.41, 5.74) is 2.43. The Labute approximate surface area is 118 Å². The number of fused-ring (bicyclic) bond motifs is 1. The highest BCUT2D eigenvalue weighted by atomic mass is 16.3. The molecule has 5 heteroatoms. The first kappa shape index (κ1) is 13.4. The Hall–Kier alpha value is -1.56. The monoisotopic (exact) mass is 272 g/mol. The summed E-state index contributed by atoms with van der Waals surface area (Å²) in [7, 11) is 2.04. The second kappa shape index (κ2) is 5.44. The molecule has 0 radical (unpaired) electrons. The van der Waals surface area contributed by atoms with E-state index >= 15 is 0 Å². The van der Waals surface area contributed by atoms with Crippen LogP contribution in [0.25, 0.3) is 11.0 Å². The van der Waals surface area contributed by atoms with Crippen molar-refractivity contribution in [3.05, 3.63) is 36.2 Å². The number of likely N-dealkylation sites (N-methyl/N-ethyl adjacent to an activating group) is 1. The summed E-state index contributed by atoms with van der Waals surface area (Å²) in [6.07, 6.45) is 4.24. The Morgan fingerprint density at radius 3 is 2.85 bits per heavy atom. The SMILES string of the molecule is CN(Cc1ccc2nccnc2c1)CC1(O)CCNC1. The van der Waals surface area contributed by atoms with Gasteiger partial charge in [-0.3, -0.25) is 14.9 Å². The minimum atomic E-state index is -0.592. The average Bonchev–Trinajstić information content (AvgIpc) is 2.84. The molecule has 20 heavy (non-hydrogen) atoms. The third-order valence-electron chi connectivity index (χ3n) is 3.77. The zero-order chi connectivity index (χ0) is 14.0. The quantitative estimate of drug-likeness (QED) is 0.861. The number of hydrogen-bond donors (Lipinski definition) is 2. The van der Waals surface area contributed by atoms with Crippen LogP contribution in [-0.4, -0.2) is 52.3 Å². The number of aliphatic hydroxyl groups is 1. The molecular weight excluding hydrogens is 252 g/mol. The maximum Gasteiger partial charge on any atom is 0.0909 e. The molecule has 1 aromatic carbocycles. The van der Waals surface area contributed by atoms with Gasteiger partial charge >= 0.3 is 0 Å². The van der Waals surface area contributed by atoms with E-state index < -0.39 is 5.60 Å². The Morgan fingerprint density at radius 2 is 2.10 bits per heavy atom. The molecule has 0 saturated carbocycles. The van der Waals surface area contributed by atoms with Crippen molar-refractivity contribution in [3.63, 3.8) is 0 Å². The van der Waals surface area contributed by atoms with Gasteiger partial charge in [-0.25, -0.2) is 0 Å². The van der Waals surface area contributed by atoms with Gasteiger partial charge in [0.2, 0.25) is 0 Å². The van der Waals surface area contributed by atoms with Crippen LogP contribution in [0.4, 0.5) is 0 Å². The topological polar surface area (TPSA) is 61.3 Å². The van der Waals surface area contributed by atoms with Crippen LogP contribution in [0.1, 0.15) is 12.0 Å². The molecule has 1 aliphatic rings. The van der Waals surface area contributed by atoms with Crippen LogP contribution >= 0.6 is 0 Å². The molecule has 1 saturated heterocycles. The summed E-state index contributed by atoms with van der Waals surface area (Å²) in [5.74, 6) is 0. The maximum absolute atomic E-state index is 10.4. The first-order valence-electron chi connectivity index (χ1n) is 6.96. The Balaban J connectivity index is 1.69. The molecule has 106 valence electrons. The van der Waals surface area contributed by atoms with E-state index in [9.17, 15) is 5.11 Å². The van der Waals surface area contributed by atoms with E-state index in [1.165, 1.54) is 5.56 Å². The van der Waals surface area contributed by atoms with Crippen molar-refractivity contribution >= 4 is 11.0 Å². The second-order valence-corrected chi connectivity index (χ2v) is 5.70. The molecule has 2 N–H and O–H groups in total. The maximum atomic E-state index is 10.4. The summed E-state index contributed by atoms with van der Waals surface area (Å²) in [6, 6.07) is 6.14. The van der Waals surface area contributed by atoms with Crippen LogP contribution in [0.2, 0.25) is 0 Å². The van der Waals surface area contributed by atoms with E-state index in [1.54, 1.807) is 12.4 Å². The zero-order valence-electron chi connectivity index (χ0n) is 11.7. The van der Waals surface area contributed by atoms with Crippen LogP contribution in [-0.2, 0) is 6.54 Å². The molecule has 2 heterocycles. The fourth-order valence-electron chi connectivity index (χ4n) is 2.84. The number of β-amino-alcohol motifs (C(OH)–C–C–N with tert-alkyl or cyclic N) is 1. The lowest BCUT2D eigenvalue weighted by Crippen LogP contribution is -2.42. The van der Waals surface area contributed by atoms with E-state index in [-0.39, 0.29) is 0 Å². The summed E-state index contributed by atoms with van der Waals surface area (Å²) >= 11 is 0. The van der Waals surface area contributed by atoms with E-state index in [0.717, 1.165) is 30.5 Å². The van der Waals surface area contributed by atoms with Crippen LogP contribution in [0.3, 0.4) is 0 Å². The van der Waals surface area contributed by atoms with E-state index in [1.807, 2.05) is 13.1 Å². The third kappa shape index (κ3) is 2.95. The molecule has 1 atom stereocenters. The first-order valence-corrected chi connectivity index (χ1v) is 6.96. The highest BCUT2D eigenvalue weighted by Crippen LogP contribution is 2.17. The van der Waals surface area contributed by atoms with Gasteiger partial charge in [0.25, 0.3) is 0 Å².